The van der Waals surface area contributed by atoms with E-state index in [0.717, 1.165) is 13.0 Å². The fraction of sp³-hybridized carbons (Fsp3) is 0.267. The predicted octanol–water partition coefficient (Wildman–Crippen LogP) is 7.05. The van der Waals surface area contributed by atoms with Crippen LogP contribution in [-0.4, -0.2) is 42.9 Å². The Labute approximate surface area is 223 Å². The molecule has 3 rings (SSSR count). The molecule has 0 bridgehead atoms. The average molecular weight is 524 g/mol. The van der Waals surface area contributed by atoms with E-state index in [1.54, 1.807) is 18.2 Å². The van der Waals surface area contributed by atoms with Crippen LogP contribution in [0.3, 0.4) is 0 Å². The topological polar surface area (TPSA) is 46.6 Å². The Bertz CT molecular complexity index is 1160. The zero-order chi connectivity index (χ0) is 26.1. The first-order valence-electron chi connectivity index (χ1n) is 11.9. The number of allylic oxidation sites excluding steroid dienone is 1. The normalized spacial score (nSPS) is 12.6. The second-order valence-electron chi connectivity index (χ2n) is 8.89. The number of Topliss-reactive ketones (excluding diaryl/α,β-unsaturated/α-hetero) is 1. The summed E-state index contributed by atoms with van der Waals surface area (Å²) in [5.74, 6) is -0.617. The molecule has 3 aromatic carbocycles. The Hall–Kier alpha value is -2.92. The van der Waals surface area contributed by atoms with Crippen LogP contribution in [0.2, 0.25) is 10.0 Å². The molecule has 0 N–H and O–H groups in total. The van der Waals surface area contributed by atoms with Gasteiger partial charge in [0.2, 0.25) is 0 Å². The van der Waals surface area contributed by atoms with Crippen molar-refractivity contribution in [1.29, 1.82) is 0 Å². The summed E-state index contributed by atoms with van der Waals surface area (Å²) in [6, 6.07) is 25.9. The molecular formula is C30H31Cl2NO3. The van der Waals surface area contributed by atoms with E-state index in [0.29, 0.717) is 17.1 Å². The van der Waals surface area contributed by atoms with Gasteiger partial charge in [0.15, 0.2) is 5.78 Å². The van der Waals surface area contributed by atoms with Gasteiger partial charge in [-0.1, -0.05) is 96.0 Å². The lowest BCUT2D eigenvalue weighted by atomic mass is 9.88. The maximum Gasteiger partial charge on any atom is 0.331 e. The molecule has 0 spiro atoms. The first-order valence-corrected chi connectivity index (χ1v) is 12.7. The number of carbonyl (C=O) groups excluding carboxylic acids is 2. The van der Waals surface area contributed by atoms with Gasteiger partial charge < -0.3 is 9.64 Å². The lowest BCUT2D eigenvalue weighted by Gasteiger charge is -2.24. The van der Waals surface area contributed by atoms with Gasteiger partial charge in [-0.15, -0.1) is 0 Å². The minimum absolute atomic E-state index is 0.168. The third-order valence-electron chi connectivity index (χ3n) is 5.97. The minimum Gasteiger partial charge on any atom is -0.458 e. The number of carbonyl (C=O) groups is 2. The Morgan fingerprint density at radius 3 is 2.06 bits per heavy atom. The Kier molecular flexibility index (Phi) is 10.3. The van der Waals surface area contributed by atoms with E-state index in [-0.39, 0.29) is 28.4 Å². The fourth-order valence-electron chi connectivity index (χ4n) is 4.24. The first-order chi connectivity index (χ1) is 17.3. The predicted molar refractivity (Wildman–Crippen MR) is 148 cm³/mol. The van der Waals surface area contributed by atoms with Crippen LogP contribution < -0.4 is 0 Å². The molecule has 3 aromatic rings. The molecule has 0 saturated carbocycles. The minimum atomic E-state index is -0.594. The SMILES string of the molecule is CC(=O)C(=CC(=O)OC(C)CN(C)CCC(c1ccccc1)c1ccccc1)c1cccc(Cl)c1Cl. The van der Waals surface area contributed by atoms with Gasteiger partial charge in [0.1, 0.15) is 6.10 Å². The van der Waals surface area contributed by atoms with E-state index >= 15 is 0 Å². The number of ketones is 1. The summed E-state index contributed by atoms with van der Waals surface area (Å²) in [5, 5.41) is 0.543. The summed E-state index contributed by atoms with van der Waals surface area (Å²) in [5.41, 5.74) is 3.13. The van der Waals surface area contributed by atoms with Crippen molar-refractivity contribution in [3.63, 3.8) is 0 Å². The zero-order valence-electron chi connectivity index (χ0n) is 20.8. The van der Waals surface area contributed by atoms with Gasteiger partial charge in [0.05, 0.1) is 10.0 Å². The molecule has 0 amide bonds. The van der Waals surface area contributed by atoms with Crippen molar-refractivity contribution in [2.45, 2.75) is 32.3 Å². The van der Waals surface area contributed by atoms with Crippen LogP contribution in [0.1, 0.15) is 42.9 Å². The lowest BCUT2D eigenvalue weighted by molar-refractivity contribution is -0.142. The van der Waals surface area contributed by atoms with Crippen molar-refractivity contribution in [3.05, 3.63) is 112 Å². The molecule has 36 heavy (non-hydrogen) atoms. The van der Waals surface area contributed by atoms with Gasteiger partial charge in [-0.05, 0) is 51.1 Å². The Morgan fingerprint density at radius 2 is 1.50 bits per heavy atom. The number of nitrogens with zero attached hydrogens (tertiary/aromatic N) is 1. The van der Waals surface area contributed by atoms with Gasteiger partial charge in [-0.25, -0.2) is 4.79 Å². The number of rotatable bonds is 11. The Morgan fingerprint density at radius 1 is 0.917 bits per heavy atom. The van der Waals surface area contributed by atoms with Crippen LogP contribution in [0.5, 0.6) is 0 Å². The van der Waals surface area contributed by atoms with Crippen molar-refractivity contribution < 1.29 is 14.3 Å². The maximum atomic E-state index is 12.6. The summed E-state index contributed by atoms with van der Waals surface area (Å²) < 4.78 is 5.58. The number of hydrogen-bond acceptors (Lipinski definition) is 4. The van der Waals surface area contributed by atoms with Gasteiger partial charge in [0, 0.05) is 29.7 Å². The molecule has 6 heteroatoms. The van der Waals surface area contributed by atoms with Crippen LogP contribution in [0, 0.1) is 0 Å². The number of likely N-dealkylation sites (N-methyl/N-ethyl adjacent to an activating group) is 1. The van der Waals surface area contributed by atoms with E-state index in [9.17, 15) is 9.59 Å². The lowest BCUT2D eigenvalue weighted by Crippen LogP contribution is -2.32. The monoisotopic (exact) mass is 523 g/mol. The van der Waals surface area contributed by atoms with Gasteiger partial charge >= 0.3 is 5.97 Å². The molecule has 0 heterocycles. The molecule has 0 aromatic heterocycles. The highest BCUT2D eigenvalue weighted by Gasteiger charge is 2.19. The van der Waals surface area contributed by atoms with Crippen LogP contribution in [-0.2, 0) is 14.3 Å². The standard InChI is InChI=1S/C30H31Cl2NO3/c1-21(36-29(35)19-27(22(2)34)26-15-10-16-28(31)30(26)32)20-33(3)18-17-25(23-11-6-4-7-12-23)24-13-8-5-9-14-24/h4-16,19,21,25H,17-18,20H2,1-3H3. The highest BCUT2D eigenvalue weighted by molar-refractivity contribution is 6.44. The summed E-state index contributed by atoms with van der Waals surface area (Å²) in [7, 11) is 2.01. The van der Waals surface area contributed by atoms with Crippen molar-refractivity contribution in [1.82, 2.24) is 4.90 Å². The van der Waals surface area contributed by atoms with Crippen LogP contribution in [0.15, 0.2) is 84.9 Å². The van der Waals surface area contributed by atoms with Crippen molar-refractivity contribution in [3.8, 4) is 0 Å². The number of ether oxygens (including phenoxy) is 1. The second kappa shape index (κ2) is 13.4. The Balaban J connectivity index is 1.61. The summed E-state index contributed by atoms with van der Waals surface area (Å²) in [6.45, 7) is 4.60. The fourth-order valence-corrected chi connectivity index (χ4v) is 4.65. The van der Waals surface area contributed by atoms with Crippen molar-refractivity contribution in [2.75, 3.05) is 20.1 Å². The summed E-state index contributed by atoms with van der Waals surface area (Å²) >= 11 is 12.3. The molecule has 0 radical (unpaired) electrons. The molecule has 1 atom stereocenters. The van der Waals surface area contributed by atoms with E-state index in [1.807, 2.05) is 26.1 Å². The number of esters is 1. The van der Waals surface area contributed by atoms with Gasteiger partial charge in [0.25, 0.3) is 0 Å². The van der Waals surface area contributed by atoms with E-state index in [2.05, 4.69) is 53.4 Å². The molecule has 1 unspecified atom stereocenters. The highest BCUT2D eigenvalue weighted by Crippen LogP contribution is 2.31. The quantitative estimate of drug-likeness (QED) is 0.199. The third-order valence-corrected chi connectivity index (χ3v) is 6.79. The molecule has 188 valence electrons. The second-order valence-corrected chi connectivity index (χ2v) is 9.67. The molecule has 0 aliphatic carbocycles. The summed E-state index contributed by atoms with van der Waals surface area (Å²) in [4.78, 5) is 27.0. The smallest absolute Gasteiger partial charge is 0.331 e. The molecule has 0 fully saturated rings. The van der Waals surface area contributed by atoms with Crippen LogP contribution >= 0.6 is 23.2 Å². The first kappa shape index (κ1) is 27.7. The molecule has 0 aliphatic heterocycles. The highest BCUT2D eigenvalue weighted by atomic mass is 35.5. The number of hydrogen-bond donors (Lipinski definition) is 0. The van der Waals surface area contributed by atoms with Gasteiger partial charge in [-0.3, -0.25) is 4.79 Å². The van der Waals surface area contributed by atoms with Crippen molar-refractivity contribution >= 4 is 40.5 Å². The van der Waals surface area contributed by atoms with Crippen LogP contribution in [0.25, 0.3) is 5.57 Å². The van der Waals surface area contributed by atoms with E-state index in [4.69, 9.17) is 27.9 Å². The molecular weight excluding hydrogens is 493 g/mol. The summed E-state index contributed by atoms with van der Waals surface area (Å²) in [6.07, 6.45) is 1.75. The van der Waals surface area contributed by atoms with Crippen molar-refractivity contribution in [2.24, 2.45) is 0 Å². The van der Waals surface area contributed by atoms with E-state index < -0.39 is 5.97 Å². The molecule has 4 nitrogen and oxygen atoms in total. The maximum absolute atomic E-state index is 12.6. The average Bonchev–Trinajstić information content (AvgIpc) is 2.85. The van der Waals surface area contributed by atoms with Gasteiger partial charge in [-0.2, -0.15) is 0 Å². The third kappa shape index (κ3) is 7.79. The zero-order valence-corrected chi connectivity index (χ0v) is 22.3. The number of halogens is 2. The largest absolute Gasteiger partial charge is 0.458 e. The van der Waals surface area contributed by atoms with E-state index in [1.165, 1.54) is 24.1 Å². The molecule has 0 saturated heterocycles. The van der Waals surface area contributed by atoms with Crippen LogP contribution in [0.4, 0.5) is 0 Å². The molecule has 0 aliphatic rings. The number of benzene rings is 3.